The van der Waals surface area contributed by atoms with Gasteiger partial charge in [0.15, 0.2) is 0 Å². The van der Waals surface area contributed by atoms with E-state index in [2.05, 4.69) is 41.5 Å². The van der Waals surface area contributed by atoms with Gasteiger partial charge in [-0.1, -0.05) is 20.8 Å². The van der Waals surface area contributed by atoms with Crippen LogP contribution in [0.3, 0.4) is 0 Å². The summed E-state index contributed by atoms with van der Waals surface area (Å²) in [6, 6.07) is 0.127. The van der Waals surface area contributed by atoms with Gasteiger partial charge in [0.2, 0.25) is 5.95 Å². The fourth-order valence-corrected chi connectivity index (χ4v) is 1.67. The number of aliphatic hydroxyl groups is 1. The van der Waals surface area contributed by atoms with E-state index in [1.54, 1.807) is 6.20 Å². The highest BCUT2D eigenvalue weighted by Gasteiger charge is 2.24. The number of nitrogens with two attached hydrogens (primary N) is 1. The number of anilines is 2. The third-order valence-corrected chi connectivity index (χ3v) is 2.87. The summed E-state index contributed by atoms with van der Waals surface area (Å²) in [7, 11) is 0. The smallest absolute Gasteiger partial charge is 0.239 e. The zero-order valence-electron chi connectivity index (χ0n) is 11.5. The Morgan fingerprint density at radius 3 is 2.61 bits per heavy atom. The highest BCUT2D eigenvalue weighted by atomic mass is 16.3. The average Bonchev–Trinajstić information content (AvgIpc) is 2.30. The quantitative estimate of drug-likeness (QED) is 0.466. The number of hydrogen-bond acceptors (Lipinski definition) is 6. The maximum absolute atomic E-state index is 9.14. The molecule has 0 amide bonds. The Hall–Kier alpha value is -1.40. The van der Waals surface area contributed by atoms with Crippen LogP contribution in [-0.4, -0.2) is 27.7 Å². The molecule has 1 atom stereocenters. The minimum absolute atomic E-state index is 0.0242. The van der Waals surface area contributed by atoms with Crippen LogP contribution in [0.1, 0.15) is 32.8 Å². The molecule has 1 unspecified atom stereocenters. The van der Waals surface area contributed by atoms with Crippen molar-refractivity contribution < 1.29 is 5.11 Å². The predicted octanol–water partition coefficient (Wildman–Crippen LogP) is 1.28. The number of aromatic nitrogens is 2. The van der Waals surface area contributed by atoms with E-state index in [0.717, 1.165) is 11.4 Å². The first-order chi connectivity index (χ1) is 8.38. The van der Waals surface area contributed by atoms with Crippen LogP contribution in [-0.2, 0) is 0 Å². The molecule has 0 aliphatic carbocycles. The van der Waals surface area contributed by atoms with Gasteiger partial charge in [0.1, 0.15) is 5.82 Å². The van der Waals surface area contributed by atoms with Crippen LogP contribution in [0.15, 0.2) is 6.20 Å². The van der Waals surface area contributed by atoms with Crippen molar-refractivity contribution in [1.82, 2.24) is 9.97 Å². The lowest BCUT2D eigenvalue weighted by Crippen LogP contribution is -2.35. The summed E-state index contributed by atoms with van der Waals surface area (Å²) in [6.07, 6.45) is 2.38. The molecule has 6 nitrogen and oxygen atoms in total. The second kappa shape index (κ2) is 5.97. The molecule has 0 bridgehead atoms. The maximum Gasteiger partial charge on any atom is 0.239 e. The Morgan fingerprint density at radius 1 is 1.44 bits per heavy atom. The van der Waals surface area contributed by atoms with E-state index in [0.29, 0.717) is 12.4 Å². The van der Waals surface area contributed by atoms with E-state index in [1.165, 1.54) is 0 Å². The standard InChI is InChI=1S/C12H23N5O/c1-8-7-14-11(17-13)16-10(8)15-9(5-6-18)12(2,3)4/h7,9,18H,5-6,13H2,1-4H3,(H2,14,15,16,17). The SMILES string of the molecule is Cc1cnc(NN)nc1NC(CCO)C(C)(C)C. The predicted molar refractivity (Wildman–Crippen MR) is 73.1 cm³/mol. The van der Waals surface area contributed by atoms with Gasteiger partial charge in [-0.2, -0.15) is 4.98 Å². The van der Waals surface area contributed by atoms with Crippen LogP contribution >= 0.6 is 0 Å². The molecular formula is C12H23N5O. The lowest BCUT2D eigenvalue weighted by molar-refractivity contribution is 0.235. The van der Waals surface area contributed by atoms with Gasteiger partial charge in [-0.15, -0.1) is 0 Å². The molecule has 1 aromatic heterocycles. The van der Waals surface area contributed by atoms with Crippen LogP contribution < -0.4 is 16.6 Å². The van der Waals surface area contributed by atoms with Crippen molar-refractivity contribution in [2.45, 2.75) is 40.2 Å². The van der Waals surface area contributed by atoms with E-state index < -0.39 is 0 Å². The van der Waals surface area contributed by atoms with Gasteiger partial charge in [-0.05, 0) is 18.8 Å². The highest BCUT2D eigenvalue weighted by molar-refractivity contribution is 5.47. The number of hydrazine groups is 1. The molecule has 0 saturated heterocycles. The van der Waals surface area contributed by atoms with Gasteiger partial charge in [0, 0.05) is 24.4 Å². The highest BCUT2D eigenvalue weighted by Crippen LogP contribution is 2.26. The third-order valence-electron chi connectivity index (χ3n) is 2.87. The fraction of sp³-hybridized carbons (Fsp3) is 0.667. The first kappa shape index (κ1) is 14.7. The van der Waals surface area contributed by atoms with Crippen molar-refractivity contribution >= 4 is 11.8 Å². The number of aliphatic hydroxyl groups excluding tert-OH is 1. The van der Waals surface area contributed by atoms with E-state index in [-0.39, 0.29) is 18.1 Å². The van der Waals surface area contributed by atoms with Crippen molar-refractivity contribution in [3.05, 3.63) is 11.8 Å². The molecule has 0 saturated carbocycles. The van der Waals surface area contributed by atoms with Crippen molar-refractivity contribution in [2.75, 3.05) is 17.3 Å². The molecule has 0 aliphatic heterocycles. The number of nitrogens with zero attached hydrogens (tertiary/aromatic N) is 2. The van der Waals surface area contributed by atoms with Crippen LogP contribution in [0.2, 0.25) is 0 Å². The Balaban J connectivity index is 2.92. The fourth-order valence-electron chi connectivity index (χ4n) is 1.67. The largest absolute Gasteiger partial charge is 0.396 e. The normalized spacial score (nSPS) is 13.2. The van der Waals surface area contributed by atoms with Gasteiger partial charge in [0.05, 0.1) is 0 Å². The molecule has 102 valence electrons. The summed E-state index contributed by atoms with van der Waals surface area (Å²) in [5, 5.41) is 12.5. The molecule has 6 heteroatoms. The summed E-state index contributed by atoms with van der Waals surface area (Å²) in [6.45, 7) is 8.44. The summed E-state index contributed by atoms with van der Waals surface area (Å²) < 4.78 is 0. The van der Waals surface area contributed by atoms with Gasteiger partial charge in [0.25, 0.3) is 0 Å². The first-order valence-electron chi connectivity index (χ1n) is 6.06. The van der Waals surface area contributed by atoms with Gasteiger partial charge >= 0.3 is 0 Å². The van der Waals surface area contributed by atoms with Crippen LogP contribution in [0.5, 0.6) is 0 Å². The van der Waals surface area contributed by atoms with Crippen molar-refractivity contribution in [3.63, 3.8) is 0 Å². The van der Waals surface area contributed by atoms with Crippen molar-refractivity contribution in [2.24, 2.45) is 11.3 Å². The Labute approximate surface area is 108 Å². The second-order valence-electron chi connectivity index (χ2n) is 5.44. The van der Waals surface area contributed by atoms with E-state index in [1.807, 2.05) is 6.92 Å². The minimum atomic E-state index is 0.0242. The lowest BCUT2D eigenvalue weighted by atomic mass is 9.85. The number of nitrogens with one attached hydrogen (secondary N) is 2. The minimum Gasteiger partial charge on any atom is -0.396 e. The monoisotopic (exact) mass is 253 g/mol. The van der Waals surface area contributed by atoms with E-state index in [4.69, 9.17) is 10.9 Å². The van der Waals surface area contributed by atoms with Gasteiger partial charge in [-0.3, -0.25) is 5.43 Å². The third kappa shape index (κ3) is 3.82. The van der Waals surface area contributed by atoms with E-state index >= 15 is 0 Å². The number of hydrogen-bond donors (Lipinski definition) is 4. The molecule has 18 heavy (non-hydrogen) atoms. The Bertz CT molecular complexity index is 389. The van der Waals surface area contributed by atoms with Crippen LogP contribution in [0.4, 0.5) is 11.8 Å². The number of aryl methyl sites for hydroxylation is 1. The molecule has 0 aliphatic rings. The lowest BCUT2D eigenvalue weighted by Gasteiger charge is -2.32. The molecule has 1 aromatic rings. The van der Waals surface area contributed by atoms with Gasteiger partial charge < -0.3 is 10.4 Å². The molecular weight excluding hydrogens is 230 g/mol. The first-order valence-corrected chi connectivity index (χ1v) is 6.06. The zero-order valence-corrected chi connectivity index (χ0v) is 11.5. The van der Waals surface area contributed by atoms with Crippen molar-refractivity contribution in [3.8, 4) is 0 Å². The van der Waals surface area contributed by atoms with Crippen LogP contribution in [0.25, 0.3) is 0 Å². The number of nitrogen functional groups attached to an aromatic ring is 1. The summed E-state index contributed by atoms with van der Waals surface area (Å²) in [4.78, 5) is 8.32. The number of rotatable bonds is 5. The molecule has 0 radical (unpaired) electrons. The topological polar surface area (TPSA) is 96.1 Å². The molecule has 5 N–H and O–H groups in total. The molecule has 0 aromatic carbocycles. The zero-order chi connectivity index (χ0) is 13.8. The van der Waals surface area contributed by atoms with Crippen molar-refractivity contribution in [1.29, 1.82) is 0 Å². The average molecular weight is 253 g/mol. The maximum atomic E-state index is 9.14. The molecule has 0 spiro atoms. The molecule has 0 fully saturated rings. The van der Waals surface area contributed by atoms with Gasteiger partial charge in [-0.25, -0.2) is 10.8 Å². The second-order valence-corrected chi connectivity index (χ2v) is 5.44. The van der Waals surface area contributed by atoms with E-state index in [9.17, 15) is 0 Å². The summed E-state index contributed by atoms with van der Waals surface area (Å²) >= 11 is 0. The summed E-state index contributed by atoms with van der Waals surface area (Å²) in [5.74, 6) is 6.42. The molecule has 1 heterocycles. The Kier molecular flexibility index (Phi) is 4.86. The van der Waals surface area contributed by atoms with Crippen LogP contribution in [0, 0.1) is 12.3 Å². The Morgan fingerprint density at radius 2 is 2.11 bits per heavy atom. The molecule has 1 rings (SSSR count). The summed E-state index contributed by atoms with van der Waals surface area (Å²) in [5.41, 5.74) is 3.40.